The molecule has 0 fully saturated rings. The standard InChI is InChI=1S/C30H29FN2O5/c1-5-14-36-28(34)15-20-6-13-26(32-18-20)21-8-11-25(12-9-21)37-19-24-16-22-7-10-23(31)17-27(22)33(24)29(35)38-30(2,3)4/h5-13,16-18H,1,14-15,19H2,2-4H3. The van der Waals surface area contributed by atoms with E-state index in [4.69, 9.17) is 14.2 Å². The van der Waals surface area contributed by atoms with Crippen molar-refractivity contribution in [3.8, 4) is 17.0 Å². The summed E-state index contributed by atoms with van der Waals surface area (Å²) in [5, 5.41) is 0.703. The molecule has 0 radical (unpaired) electrons. The van der Waals surface area contributed by atoms with E-state index < -0.39 is 17.5 Å². The number of rotatable bonds is 8. The van der Waals surface area contributed by atoms with Crippen LogP contribution >= 0.6 is 0 Å². The second kappa shape index (κ2) is 11.3. The third-order valence-electron chi connectivity index (χ3n) is 5.49. The predicted octanol–water partition coefficient (Wildman–Crippen LogP) is 6.48. The van der Waals surface area contributed by atoms with Crippen LogP contribution < -0.4 is 4.74 Å². The van der Waals surface area contributed by atoms with Crippen molar-refractivity contribution in [3.63, 3.8) is 0 Å². The highest BCUT2D eigenvalue weighted by Crippen LogP contribution is 2.26. The number of pyridine rings is 1. The van der Waals surface area contributed by atoms with Crippen LogP contribution in [0.1, 0.15) is 32.0 Å². The Morgan fingerprint density at radius 1 is 1.05 bits per heavy atom. The number of ether oxygens (including phenoxy) is 3. The van der Waals surface area contributed by atoms with Crippen molar-refractivity contribution in [2.75, 3.05) is 6.61 Å². The smallest absolute Gasteiger partial charge is 0.419 e. The molecule has 0 aliphatic rings. The maximum absolute atomic E-state index is 14.0. The van der Waals surface area contributed by atoms with Crippen LogP contribution in [-0.4, -0.2) is 33.8 Å². The molecule has 0 unspecified atom stereocenters. The molecular formula is C30H29FN2O5. The first-order chi connectivity index (χ1) is 18.1. The summed E-state index contributed by atoms with van der Waals surface area (Å²) in [4.78, 5) is 29.1. The number of carbonyl (C=O) groups is 2. The van der Waals surface area contributed by atoms with Gasteiger partial charge >= 0.3 is 12.1 Å². The molecule has 38 heavy (non-hydrogen) atoms. The van der Waals surface area contributed by atoms with E-state index in [1.807, 2.05) is 24.3 Å². The summed E-state index contributed by atoms with van der Waals surface area (Å²) in [7, 11) is 0. The van der Waals surface area contributed by atoms with Gasteiger partial charge in [-0.15, -0.1) is 0 Å². The third-order valence-corrected chi connectivity index (χ3v) is 5.49. The van der Waals surface area contributed by atoms with Crippen LogP contribution in [0.3, 0.4) is 0 Å². The van der Waals surface area contributed by atoms with Crippen molar-refractivity contribution in [2.45, 2.75) is 39.4 Å². The molecule has 0 saturated carbocycles. The van der Waals surface area contributed by atoms with Gasteiger partial charge in [0.15, 0.2) is 0 Å². The number of nitrogens with zero attached hydrogens (tertiary/aromatic N) is 2. The average molecular weight is 517 g/mol. The second-order valence-electron chi connectivity index (χ2n) is 9.67. The van der Waals surface area contributed by atoms with E-state index in [0.717, 1.165) is 16.8 Å². The summed E-state index contributed by atoms with van der Waals surface area (Å²) in [6.45, 7) is 9.10. The molecule has 0 N–H and O–H groups in total. The molecule has 7 nitrogen and oxygen atoms in total. The zero-order valence-electron chi connectivity index (χ0n) is 21.6. The highest BCUT2D eigenvalue weighted by Gasteiger charge is 2.22. The molecule has 2 heterocycles. The average Bonchev–Trinajstić information content (AvgIpc) is 3.23. The lowest BCUT2D eigenvalue weighted by Gasteiger charge is -2.21. The van der Waals surface area contributed by atoms with E-state index in [1.54, 1.807) is 51.2 Å². The quantitative estimate of drug-likeness (QED) is 0.197. The Morgan fingerprint density at radius 3 is 2.47 bits per heavy atom. The summed E-state index contributed by atoms with van der Waals surface area (Å²) in [5.74, 6) is -0.197. The first kappa shape index (κ1) is 26.6. The van der Waals surface area contributed by atoms with Crippen molar-refractivity contribution < 1.29 is 28.2 Å². The van der Waals surface area contributed by atoms with E-state index in [0.29, 0.717) is 22.3 Å². The maximum atomic E-state index is 14.0. The number of fused-ring (bicyclic) bond motifs is 1. The van der Waals surface area contributed by atoms with Gasteiger partial charge in [0.25, 0.3) is 0 Å². The van der Waals surface area contributed by atoms with Gasteiger partial charge in [-0.05, 0) is 80.9 Å². The van der Waals surface area contributed by atoms with Gasteiger partial charge in [-0.25, -0.2) is 13.8 Å². The van der Waals surface area contributed by atoms with Gasteiger partial charge in [0.1, 0.15) is 30.4 Å². The summed E-state index contributed by atoms with van der Waals surface area (Å²) in [5.41, 5.74) is 2.60. The summed E-state index contributed by atoms with van der Waals surface area (Å²) in [6.07, 6.45) is 2.71. The highest BCUT2D eigenvalue weighted by molar-refractivity contribution is 5.91. The Morgan fingerprint density at radius 2 is 1.82 bits per heavy atom. The fraction of sp³-hybridized carbons (Fsp3) is 0.233. The minimum absolute atomic E-state index is 0.0732. The molecule has 2 aromatic heterocycles. The van der Waals surface area contributed by atoms with Crippen molar-refractivity contribution >= 4 is 23.0 Å². The number of hydrogen-bond acceptors (Lipinski definition) is 6. The van der Waals surface area contributed by atoms with Gasteiger partial charge in [-0.2, -0.15) is 0 Å². The maximum Gasteiger partial charge on any atom is 0.419 e. The topological polar surface area (TPSA) is 79.7 Å². The van der Waals surface area contributed by atoms with Crippen molar-refractivity contribution in [3.05, 3.63) is 96.6 Å². The number of benzene rings is 2. The number of halogens is 1. The van der Waals surface area contributed by atoms with Crippen LogP contribution in [0.15, 0.2) is 79.5 Å². The van der Waals surface area contributed by atoms with E-state index in [2.05, 4.69) is 11.6 Å². The minimum Gasteiger partial charge on any atom is -0.487 e. The summed E-state index contributed by atoms with van der Waals surface area (Å²) >= 11 is 0. The van der Waals surface area contributed by atoms with Crippen molar-refractivity contribution in [1.82, 2.24) is 9.55 Å². The monoisotopic (exact) mass is 516 g/mol. The minimum atomic E-state index is -0.712. The predicted molar refractivity (Wildman–Crippen MR) is 142 cm³/mol. The van der Waals surface area contributed by atoms with Gasteiger partial charge in [-0.1, -0.05) is 18.7 Å². The van der Waals surface area contributed by atoms with Crippen molar-refractivity contribution in [2.24, 2.45) is 0 Å². The number of esters is 1. The molecule has 0 aliphatic heterocycles. The Balaban J connectivity index is 1.46. The van der Waals surface area contributed by atoms with Gasteiger partial charge < -0.3 is 14.2 Å². The fourth-order valence-corrected chi connectivity index (χ4v) is 3.81. The van der Waals surface area contributed by atoms with Gasteiger partial charge in [0.2, 0.25) is 0 Å². The van der Waals surface area contributed by atoms with Crippen LogP contribution in [0, 0.1) is 5.82 Å². The lowest BCUT2D eigenvalue weighted by molar-refractivity contribution is -0.141. The summed E-state index contributed by atoms with van der Waals surface area (Å²) in [6, 6.07) is 17.1. The fourth-order valence-electron chi connectivity index (χ4n) is 3.81. The molecule has 4 aromatic rings. The first-order valence-corrected chi connectivity index (χ1v) is 12.1. The molecule has 0 saturated heterocycles. The normalized spacial score (nSPS) is 11.3. The molecule has 0 atom stereocenters. The Bertz CT molecular complexity index is 1450. The largest absolute Gasteiger partial charge is 0.487 e. The van der Waals surface area contributed by atoms with Crippen LogP contribution in [0.4, 0.5) is 9.18 Å². The molecule has 4 rings (SSSR count). The number of hydrogen-bond donors (Lipinski definition) is 0. The molecule has 196 valence electrons. The van der Waals surface area contributed by atoms with E-state index in [-0.39, 0.29) is 25.6 Å². The molecule has 0 amide bonds. The van der Waals surface area contributed by atoms with Gasteiger partial charge in [0.05, 0.1) is 23.3 Å². The van der Waals surface area contributed by atoms with E-state index in [9.17, 15) is 14.0 Å². The Kier molecular flexibility index (Phi) is 7.90. The molecule has 8 heteroatoms. The third kappa shape index (κ3) is 6.64. The van der Waals surface area contributed by atoms with Crippen LogP contribution in [0.25, 0.3) is 22.2 Å². The Hall–Kier alpha value is -4.46. The van der Waals surface area contributed by atoms with E-state index in [1.165, 1.54) is 22.8 Å². The highest BCUT2D eigenvalue weighted by atomic mass is 19.1. The second-order valence-corrected chi connectivity index (χ2v) is 9.67. The van der Waals surface area contributed by atoms with Crippen LogP contribution in [-0.2, 0) is 27.3 Å². The number of carbonyl (C=O) groups excluding carboxylic acids is 2. The molecule has 2 aromatic carbocycles. The van der Waals surface area contributed by atoms with E-state index >= 15 is 0 Å². The van der Waals surface area contributed by atoms with Gasteiger partial charge in [0, 0.05) is 17.1 Å². The molecule has 0 spiro atoms. The SMILES string of the molecule is C=CCOC(=O)Cc1ccc(-c2ccc(OCc3cc4ccc(F)cc4n3C(=O)OC(C)(C)C)cc2)nc1. The zero-order valence-corrected chi connectivity index (χ0v) is 21.6. The van der Waals surface area contributed by atoms with Crippen LogP contribution in [0.5, 0.6) is 5.75 Å². The Labute approximate surface area is 220 Å². The molecule has 0 bridgehead atoms. The lowest BCUT2D eigenvalue weighted by Crippen LogP contribution is -2.28. The van der Waals surface area contributed by atoms with Crippen molar-refractivity contribution in [1.29, 1.82) is 0 Å². The van der Waals surface area contributed by atoms with Gasteiger partial charge in [-0.3, -0.25) is 9.78 Å². The lowest BCUT2D eigenvalue weighted by atomic mass is 10.1. The number of aromatic nitrogens is 2. The zero-order chi connectivity index (χ0) is 27.3. The molecule has 0 aliphatic carbocycles. The first-order valence-electron chi connectivity index (χ1n) is 12.1. The summed E-state index contributed by atoms with van der Waals surface area (Å²) < 4.78 is 31.8. The van der Waals surface area contributed by atoms with Crippen LogP contribution in [0.2, 0.25) is 0 Å². The molecular weight excluding hydrogens is 487 g/mol.